The van der Waals surface area contributed by atoms with E-state index in [2.05, 4.69) is 55.6 Å². The van der Waals surface area contributed by atoms with Crippen molar-refractivity contribution in [3.8, 4) is 0 Å². The van der Waals surface area contributed by atoms with Gasteiger partial charge in [-0.05, 0) is 62.1 Å². The van der Waals surface area contributed by atoms with Crippen molar-refractivity contribution in [3.63, 3.8) is 0 Å². The Bertz CT molecular complexity index is 453. The molecular formula is C11H14BrIN4. The van der Waals surface area contributed by atoms with Gasteiger partial charge in [0.1, 0.15) is 0 Å². The fourth-order valence-electron chi connectivity index (χ4n) is 1.39. The molecule has 0 heterocycles. The highest BCUT2D eigenvalue weighted by atomic mass is 127. The fourth-order valence-corrected chi connectivity index (χ4v) is 2.52. The van der Waals surface area contributed by atoms with Crippen molar-refractivity contribution in [2.75, 3.05) is 0 Å². The van der Waals surface area contributed by atoms with E-state index in [-0.39, 0.29) is 5.96 Å². The molecule has 1 aromatic rings. The highest BCUT2D eigenvalue weighted by Gasteiger charge is 2.07. The van der Waals surface area contributed by atoms with Crippen LogP contribution in [0.15, 0.2) is 26.8 Å². The molecule has 0 aliphatic rings. The molecule has 1 rings (SSSR count). The highest BCUT2D eigenvalue weighted by Crippen LogP contribution is 2.26. The molecule has 17 heavy (non-hydrogen) atoms. The summed E-state index contributed by atoms with van der Waals surface area (Å²) >= 11 is 5.85. The van der Waals surface area contributed by atoms with E-state index >= 15 is 0 Å². The van der Waals surface area contributed by atoms with Crippen molar-refractivity contribution in [1.29, 1.82) is 0 Å². The van der Waals surface area contributed by atoms with Crippen LogP contribution in [0.1, 0.15) is 24.5 Å². The summed E-state index contributed by atoms with van der Waals surface area (Å²) in [5.74, 6) is -0.0369. The van der Waals surface area contributed by atoms with Gasteiger partial charge in [0.2, 0.25) is 5.96 Å². The Morgan fingerprint density at radius 1 is 1.47 bits per heavy atom. The van der Waals surface area contributed by atoms with Crippen LogP contribution in [0.2, 0.25) is 0 Å². The van der Waals surface area contributed by atoms with Gasteiger partial charge in [0.05, 0.1) is 6.21 Å². The van der Waals surface area contributed by atoms with Crippen LogP contribution in [0.5, 0.6) is 0 Å². The summed E-state index contributed by atoms with van der Waals surface area (Å²) in [7, 11) is 0. The van der Waals surface area contributed by atoms with Crippen LogP contribution in [0, 0.1) is 3.57 Å². The van der Waals surface area contributed by atoms with E-state index in [0.717, 1.165) is 22.9 Å². The summed E-state index contributed by atoms with van der Waals surface area (Å²) in [4.78, 5) is 0. The average molecular weight is 409 g/mol. The molecule has 0 radical (unpaired) electrons. The van der Waals surface area contributed by atoms with Crippen LogP contribution in [0.3, 0.4) is 0 Å². The smallest absolute Gasteiger partial charge is 0.211 e. The predicted molar refractivity (Wildman–Crippen MR) is 84.3 cm³/mol. The lowest BCUT2D eigenvalue weighted by Crippen LogP contribution is -2.21. The lowest BCUT2D eigenvalue weighted by Gasteiger charge is -2.08. The van der Waals surface area contributed by atoms with Crippen LogP contribution in [-0.2, 0) is 6.42 Å². The Morgan fingerprint density at radius 3 is 2.76 bits per heavy atom. The van der Waals surface area contributed by atoms with E-state index in [1.54, 1.807) is 6.21 Å². The number of nitrogens with two attached hydrogens (primary N) is 2. The van der Waals surface area contributed by atoms with Crippen molar-refractivity contribution in [3.05, 3.63) is 31.3 Å². The quantitative estimate of drug-likeness (QED) is 0.347. The third-order valence-electron chi connectivity index (χ3n) is 2.10. The standard InChI is InChI=1S/C11H14BrIN4/c1-2-3-8-7(6-16-17-11(14)15)4-5-9(12)10(8)13/h4-6H,2-3H2,1H3,(H4,14,15,17). The summed E-state index contributed by atoms with van der Waals surface area (Å²) < 4.78 is 2.30. The molecule has 0 aromatic heterocycles. The molecule has 0 aliphatic carbocycles. The molecule has 0 atom stereocenters. The van der Waals surface area contributed by atoms with Crippen molar-refractivity contribution < 1.29 is 0 Å². The topological polar surface area (TPSA) is 76.8 Å². The van der Waals surface area contributed by atoms with Gasteiger partial charge in [-0.2, -0.15) is 5.10 Å². The SMILES string of the molecule is CCCc1c(C=NN=C(N)N)ccc(Br)c1I. The van der Waals surface area contributed by atoms with Crippen LogP contribution in [0.4, 0.5) is 0 Å². The van der Waals surface area contributed by atoms with E-state index in [0.29, 0.717) is 0 Å². The molecule has 1 aromatic carbocycles. The minimum absolute atomic E-state index is 0.0369. The number of hydrogen-bond donors (Lipinski definition) is 2. The van der Waals surface area contributed by atoms with E-state index in [1.165, 1.54) is 9.13 Å². The summed E-state index contributed by atoms with van der Waals surface area (Å²) in [5, 5.41) is 7.45. The number of halogens is 2. The van der Waals surface area contributed by atoms with Crippen LogP contribution < -0.4 is 11.5 Å². The average Bonchev–Trinajstić information content (AvgIpc) is 2.27. The zero-order chi connectivity index (χ0) is 12.8. The summed E-state index contributed by atoms with van der Waals surface area (Å²) in [6.07, 6.45) is 3.76. The van der Waals surface area contributed by atoms with E-state index in [1.807, 2.05) is 12.1 Å². The first-order valence-corrected chi connectivity index (χ1v) is 7.02. The second-order valence-corrected chi connectivity index (χ2v) is 5.38. The van der Waals surface area contributed by atoms with Gasteiger partial charge in [-0.3, -0.25) is 0 Å². The molecular weight excluding hydrogens is 395 g/mol. The van der Waals surface area contributed by atoms with Crippen molar-refractivity contribution in [1.82, 2.24) is 0 Å². The predicted octanol–water partition coefficient (Wildman–Crippen LogP) is 2.61. The molecule has 0 saturated carbocycles. The lowest BCUT2D eigenvalue weighted by molar-refractivity contribution is 0.913. The Hall–Kier alpha value is -0.630. The largest absolute Gasteiger partial charge is 0.369 e. The summed E-state index contributed by atoms with van der Waals surface area (Å²) in [6.45, 7) is 2.15. The van der Waals surface area contributed by atoms with Crippen LogP contribution >= 0.6 is 38.5 Å². The van der Waals surface area contributed by atoms with E-state index in [9.17, 15) is 0 Å². The maximum absolute atomic E-state index is 5.21. The van der Waals surface area contributed by atoms with Crippen molar-refractivity contribution in [2.24, 2.45) is 21.7 Å². The van der Waals surface area contributed by atoms with E-state index in [4.69, 9.17) is 11.5 Å². The molecule has 0 amide bonds. The normalized spacial score (nSPS) is 10.8. The molecule has 6 heteroatoms. The number of hydrogen-bond acceptors (Lipinski definition) is 2. The van der Waals surface area contributed by atoms with Gasteiger partial charge in [-0.25, -0.2) is 0 Å². The van der Waals surface area contributed by atoms with Gasteiger partial charge in [-0.1, -0.05) is 19.4 Å². The molecule has 92 valence electrons. The zero-order valence-electron chi connectivity index (χ0n) is 9.45. The van der Waals surface area contributed by atoms with Crippen molar-refractivity contribution in [2.45, 2.75) is 19.8 Å². The highest BCUT2D eigenvalue weighted by molar-refractivity contribution is 14.1. The number of nitrogens with zero attached hydrogens (tertiary/aromatic N) is 2. The van der Waals surface area contributed by atoms with Crippen LogP contribution in [-0.4, -0.2) is 12.2 Å². The van der Waals surface area contributed by atoms with Gasteiger partial charge in [0, 0.05) is 8.04 Å². The third kappa shape index (κ3) is 4.27. The van der Waals surface area contributed by atoms with Crippen LogP contribution in [0.25, 0.3) is 0 Å². The Labute approximate surface area is 123 Å². The first-order chi connectivity index (χ1) is 8.06. The molecule has 0 saturated heterocycles. The Kier molecular flexibility index (Phi) is 5.90. The van der Waals surface area contributed by atoms with Gasteiger partial charge < -0.3 is 11.5 Å². The summed E-state index contributed by atoms with van der Waals surface area (Å²) in [6, 6.07) is 4.00. The lowest BCUT2D eigenvalue weighted by atomic mass is 10.0. The molecule has 0 bridgehead atoms. The molecule has 0 aliphatic heterocycles. The minimum atomic E-state index is -0.0369. The first kappa shape index (κ1) is 14.4. The maximum atomic E-state index is 5.21. The molecule has 4 nitrogen and oxygen atoms in total. The Morgan fingerprint density at radius 2 is 2.18 bits per heavy atom. The van der Waals surface area contributed by atoms with Gasteiger partial charge in [-0.15, -0.1) is 5.10 Å². The molecule has 0 unspecified atom stereocenters. The van der Waals surface area contributed by atoms with E-state index < -0.39 is 0 Å². The summed E-state index contributed by atoms with van der Waals surface area (Å²) in [5.41, 5.74) is 12.7. The van der Waals surface area contributed by atoms with Gasteiger partial charge in [0.15, 0.2) is 0 Å². The third-order valence-corrected chi connectivity index (χ3v) is 4.74. The first-order valence-electron chi connectivity index (χ1n) is 5.15. The fraction of sp³-hybridized carbons (Fsp3) is 0.273. The van der Waals surface area contributed by atoms with Crippen molar-refractivity contribution >= 4 is 50.7 Å². The molecule has 4 N–H and O–H groups in total. The number of rotatable bonds is 4. The monoisotopic (exact) mass is 408 g/mol. The van der Waals surface area contributed by atoms with Gasteiger partial charge in [0.25, 0.3) is 0 Å². The van der Waals surface area contributed by atoms with Gasteiger partial charge >= 0.3 is 0 Å². The number of benzene rings is 1. The molecule has 0 spiro atoms. The minimum Gasteiger partial charge on any atom is -0.369 e. The molecule has 0 fully saturated rings. The maximum Gasteiger partial charge on any atom is 0.211 e. The number of guanidine groups is 1. The second-order valence-electron chi connectivity index (χ2n) is 3.45. The zero-order valence-corrected chi connectivity index (χ0v) is 13.2. The Balaban J connectivity index is 3.10. The second kappa shape index (κ2) is 6.95.